The minimum absolute atomic E-state index is 0.0121. The van der Waals surface area contributed by atoms with E-state index < -0.39 is 5.91 Å². The molecule has 30 heavy (non-hydrogen) atoms. The number of nitrogens with zero attached hydrogens (tertiary/aromatic N) is 1. The fourth-order valence-electron chi connectivity index (χ4n) is 2.70. The van der Waals surface area contributed by atoms with Crippen LogP contribution in [0.5, 0.6) is 5.75 Å². The van der Waals surface area contributed by atoms with Crippen LogP contribution >= 0.6 is 23.2 Å². The molecule has 3 rings (SSSR count). The van der Waals surface area contributed by atoms with Crippen molar-refractivity contribution in [2.24, 2.45) is 0 Å². The first-order chi connectivity index (χ1) is 14.5. The van der Waals surface area contributed by atoms with Gasteiger partial charge in [-0.2, -0.15) is 5.26 Å². The molecule has 0 saturated carbocycles. The second-order valence-electron chi connectivity index (χ2n) is 6.52. The molecular weight excluding hydrogens is 419 g/mol. The zero-order valence-electron chi connectivity index (χ0n) is 16.2. The van der Waals surface area contributed by atoms with E-state index in [9.17, 15) is 10.1 Å². The zero-order valence-corrected chi connectivity index (χ0v) is 17.7. The van der Waals surface area contributed by atoms with Crippen molar-refractivity contribution in [2.45, 2.75) is 13.5 Å². The minimum Gasteiger partial charge on any atom is -0.489 e. The molecule has 0 aliphatic carbocycles. The fourth-order valence-corrected chi connectivity index (χ4v) is 3.09. The van der Waals surface area contributed by atoms with E-state index in [4.69, 9.17) is 27.9 Å². The number of amides is 1. The number of hydrogen-bond donors (Lipinski definition) is 1. The van der Waals surface area contributed by atoms with Crippen molar-refractivity contribution in [1.82, 2.24) is 0 Å². The number of halogens is 2. The summed E-state index contributed by atoms with van der Waals surface area (Å²) in [7, 11) is 0. The van der Waals surface area contributed by atoms with Crippen molar-refractivity contribution in [2.75, 3.05) is 5.32 Å². The molecule has 1 N–H and O–H groups in total. The second kappa shape index (κ2) is 9.98. The normalized spacial score (nSPS) is 10.9. The Morgan fingerprint density at radius 2 is 1.83 bits per heavy atom. The summed E-state index contributed by atoms with van der Waals surface area (Å²) in [5, 5.41) is 13.3. The summed E-state index contributed by atoms with van der Waals surface area (Å²) in [5.74, 6) is 0.175. The van der Waals surface area contributed by atoms with Crippen LogP contribution < -0.4 is 10.1 Å². The van der Waals surface area contributed by atoms with Crippen LogP contribution in [-0.4, -0.2) is 5.91 Å². The van der Waals surface area contributed by atoms with E-state index in [0.717, 1.165) is 11.1 Å². The summed E-state index contributed by atoms with van der Waals surface area (Å²) in [5.41, 5.74) is 2.97. The molecule has 6 heteroatoms. The molecule has 0 aliphatic heterocycles. The summed E-state index contributed by atoms with van der Waals surface area (Å²) in [6.07, 6.45) is 1.52. The fraction of sp³-hybridized carbons (Fsp3) is 0.0833. The van der Waals surface area contributed by atoms with Crippen molar-refractivity contribution in [3.05, 3.63) is 99.0 Å². The number of anilines is 1. The summed E-state index contributed by atoms with van der Waals surface area (Å²) >= 11 is 12.1. The summed E-state index contributed by atoms with van der Waals surface area (Å²) in [4.78, 5) is 12.5. The van der Waals surface area contributed by atoms with E-state index in [0.29, 0.717) is 33.7 Å². The SMILES string of the molecule is Cc1c(Cl)cccc1NC(=O)/C(C#N)=C/c1ccc(OCc2cccc(Cl)c2)cc1. The lowest BCUT2D eigenvalue weighted by Crippen LogP contribution is -2.14. The predicted molar refractivity (Wildman–Crippen MR) is 121 cm³/mol. The molecule has 4 nitrogen and oxygen atoms in total. The Kier molecular flexibility index (Phi) is 7.13. The van der Waals surface area contributed by atoms with Crippen LogP contribution in [0.3, 0.4) is 0 Å². The molecule has 0 spiro atoms. The first-order valence-electron chi connectivity index (χ1n) is 9.12. The molecule has 1 amide bonds. The average Bonchev–Trinajstić information content (AvgIpc) is 2.74. The molecule has 0 saturated heterocycles. The van der Waals surface area contributed by atoms with Gasteiger partial charge in [0.25, 0.3) is 5.91 Å². The highest BCUT2D eigenvalue weighted by molar-refractivity contribution is 6.32. The number of benzene rings is 3. The third-order valence-corrected chi connectivity index (χ3v) is 5.01. The number of nitriles is 1. The standard InChI is InChI=1S/C24H18Cl2N2O2/c1-16-22(26)6-3-7-23(16)28-24(29)19(14-27)12-17-8-10-21(11-9-17)30-15-18-4-2-5-20(25)13-18/h2-13H,15H2,1H3,(H,28,29)/b19-12+. The molecule has 0 radical (unpaired) electrons. The quantitative estimate of drug-likeness (QED) is 0.357. The van der Waals surface area contributed by atoms with E-state index in [-0.39, 0.29) is 5.57 Å². The van der Waals surface area contributed by atoms with Crippen molar-refractivity contribution in [3.63, 3.8) is 0 Å². The van der Waals surface area contributed by atoms with E-state index in [2.05, 4.69) is 5.32 Å². The summed E-state index contributed by atoms with van der Waals surface area (Å²) in [6.45, 7) is 2.19. The highest BCUT2D eigenvalue weighted by atomic mass is 35.5. The number of nitrogens with one attached hydrogen (secondary N) is 1. The van der Waals surface area contributed by atoms with E-state index >= 15 is 0 Å². The van der Waals surface area contributed by atoms with Gasteiger partial charge in [0.1, 0.15) is 24.0 Å². The zero-order chi connectivity index (χ0) is 21.5. The Balaban J connectivity index is 1.67. The molecule has 0 bridgehead atoms. The molecule has 0 fully saturated rings. The first kappa shape index (κ1) is 21.4. The van der Waals surface area contributed by atoms with Crippen molar-refractivity contribution < 1.29 is 9.53 Å². The van der Waals surface area contributed by atoms with Crippen LogP contribution in [0, 0.1) is 18.3 Å². The van der Waals surface area contributed by atoms with Crippen LogP contribution in [0.1, 0.15) is 16.7 Å². The van der Waals surface area contributed by atoms with Gasteiger partial charge in [-0.1, -0.05) is 53.5 Å². The summed E-state index contributed by atoms with van der Waals surface area (Å²) in [6, 6.07) is 21.7. The Morgan fingerprint density at radius 3 is 2.53 bits per heavy atom. The Hall–Kier alpha value is -3.26. The highest BCUT2D eigenvalue weighted by Crippen LogP contribution is 2.24. The molecule has 3 aromatic rings. The third-order valence-electron chi connectivity index (χ3n) is 4.37. The number of carbonyl (C=O) groups is 1. The monoisotopic (exact) mass is 436 g/mol. The van der Waals surface area contributed by atoms with Crippen LogP contribution in [0.15, 0.2) is 72.3 Å². The average molecular weight is 437 g/mol. The minimum atomic E-state index is -0.496. The molecule has 0 atom stereocenters. The molecule has 150 valence electrons. The molecule has 0 unspecified atom stereocenters. The van der Waals surface area contributed by atoms with Gasteiger partial charge in [0.2, 0.25) is 0 Å². The van der Waals surface area contributed by atoms with Gasteiger partial charge in [0, 0.05) is 15.7 Å². The van der Waals surface area contributed by atoms with Crippen molar-refractivity contribution in [1.29, 1.82) is 5.26 Å². The first-order valence-corrected chi connectivity index (χ1v) is 9.87. The van der Waals surface area contributed by atoms with Crippen LogP contribution in [0.2, 0.25) is 10.0 Å². The number of carbonyl (C=O) groups excluding carboxylic acids is 1. The topological polar surface area (TPSA) is 62.1 Å². The van der Waals surface area contributed by atoms with Crippen LogP contribution in [-0.2, 0) is 11.4 Å². The Morgan fingerprint density at radius 1 is 1.10 bits per heavy atom. The van der Waals surface area contributed by atoms with Gasteiger partial charge in [-0.05, 0) is 66.1 Å². The largest absolute Gasteiger partial charge is 0.489 e. The van der Waals surface area contributed by atoms with Gasteiger partial charge >= 0.3 is 0 Å². The Bertz CT molecular complexity index is 1130. The van der Waals surface area contributed by atoms with Crippen LogP contribution in [0.4, 0.5) is 5.69 Å². The van der Waals surface area contributed by atoms with E-state index in [1.807, 2.05) is 30.3 Å². The van der Waals surface area contributed by atoms with E-state index in [1.165, 1.54) is 6.08 Å². The van der Waals surface area contributed by atoms with Crippen molar-refractivity contribution in [3.8, 4) is 11.8 Å². The number of hydrogen-bond acceptors (Lipinski definition) is 3. The summed E-state index contributed by atoms with van der Waals surface area (Å²) < 4.78 is 5.75. The number of rotatable bonds is 6. The smallest absolute Gasteiger partial charge is 0.266 e. The number of ether oxygens (including phenoxy) is 1. The van der Waals surface area contributed by atoms with Gasteiger partial charge in [0.05, 0.1) is 0 Å². The molecule has 0 heterocycles. The lowest BCUT2D eigenvalue weighted by Gasteiger charge is -2.09. The molecule has 0 aliphatic rings. The lowest BCUT2D eigenvalue weighted by atomic mass is 10.1. The lowest BCUT2D eigenvalue weighted by molar-refractivity contribution is -0.112. The van der Waals surface area contributed by atoms with Crippen molar-refractivity contribution >= 4 is 40.9 Å². The van der Waals surface area contributed by atoms with Gasteiger partial charge in [-0.3, -0.25) is 4.79 Å². The molecular formula is C24H18Cl2N2O2. The van der Waals surface area contributed by atoms with Gasteiger partial charge in [0.15, 0.2) is 0 Å². The maximum absolute atomic E-state index is 12.5. The maximum Gasteiger partial charge on any atom is 0.266 e. The molecule has 3 aromatic carbocycles. The maximum atomic E-state index is 12.5. The van der Waals surface area contributed by atoms with E-state index in [1.54, 1.807) is 49.4 Å². The third kappa shape index (κ3) is 5.64. The Labute approximate surface area is 185 Å². The highest BCUT2D eigenvalue weighted by Gasteiger charge is 2.12. The van der Waals surface area contributed by atoms with Gasteiger partial charge in [-0.15, -0.1) is 0 Å². The van der Waals surface area contributed by atoms with Gasteiger partial charge in [-0.25, -0.2) is 0 Å². The van der Waals surface area contributed by atoms with Crippen LogP contribution in [0.25, 0.3) is 6.08 Å². The molecule has 0 aromatic heterocycles. The van der Waals surface area contributed by atoms with Gasteiger partial charge < -0.3 is 10.1 Å². The second-order valence-corrected chi connectivity index (χ2v) is 7.37. The predicted octanol–water partition coefficient (Wildman–Crippen LogP) is 6.43.